The number of aromatic nitrogens is 1. The number of anilines is 1. The Balaban J connectivity index is 1.48. The molecule has 1 heterocycles. The number of hydrogen-bond acceptors (Lipinski definition) is 3. The van der Waals surface area contributed by atoms with E-state index in [0.717, 1.165) is 23.0 Å². The van der Waals surface area contributed by atoms with Gasteiger partial charge in [0.15, 0.2) is 5.96 Å². The summed E-state index contributed by atoms with van der Waals surface area (Å²) in [5.74, 6) is 1.02. The van der Waals surface area contributed by atoms with Crippen molar-refractivity contribution < 1.29 is 13.9 Å². The van der Waals surface area contributed by atoms with Crippen molar-refractivity contribution in [1.29, 1.82) is 0 Å². The molecule has 0 saturated carbocycles. The molecule has 0 bridgehead atoms. The number of guanidine groups is 1. The van der Waals surface area contributed by atoms with Gasteiger partial charge < -0.3 is 25.7 Å². The average molecular weight is 426 g/mol. The fourth-order valence-electron chi connectivity index (χ4n) is 3.19. The lowest BCUT2D eigenvalue weighted by molar-refractivity contribution is -0.114. The van der Waals surface area contributed by atoms with Crippen LogP contribution in [-0.4, -0.2) is 43.1 Å². The van der Waals surface area contributed by atoms with E-state index in [9.17, 15) is 9.18 Å². The van der Waals surface area contributed by atoms with E-state index in [4.69, 9.17) is 4.74 Å². The van der Waals surface area contributed by atoms with Gasteiger partial charge in [0.05, 0.1) is 6.54 Å². The number of ether oxygens (including phenoxy) is 1. The molecule has 0 aliphatic heterocycles. The summed E-state index contributed by atoms with van der Waals surface area (Å²) in [6.07, 6.45) is 2.61. The molecule has 31 heavy (non-hydrogen) atoms. The van der Waals surface area contributed by atoms with Crippen molar-refractivity contribution in [2.45, 2.75) is 20.3 Å². The molecule has 0 atom stereocenters. The van der Waals surface area contributed by atoms with Crippen molar-refractivity contribution in [1.82, 2.24) is 15.6 Å². The highest BCUT2D eigenvalue weighted by Gasteiger charge is 2.05. The zero-order valence-corrected chi connectivity index (χ0v) is 17.8. The van der Waals surface area contributed by atoms with Gasteiger partial charge in [-0.2, -0.15) is 0 Å². The number of fused-ring (bicyclic) bond motifs is 1. The van der Waals surface area contributed by atoms with E-state index in [1.165, 1.54) is 13.0 Å². The van der Waals surface area contributed by atoms with E-state index in [1.807, 2.05) is 31.3 Å². The zero-order valence-electron chi connectivity index (χ0n) is 17.8. The van der Waals surface area contributed by atoms with E-state index in [2.05, 4.69) is 25.9 Å². The predicted octanol–water partition coefficient (Wildman–Crippen LogP) is 3.44. The first kappa shape index (κ1) is 22.1. The lowest BCUT2D eigenvalue weighted by Crippen LogP contribution is -2.39. The molecule has 3 aromatic rings. The minimum atomic E-state index is -0.241. The number of amides is 1. The third-order valence-corrected chi connectivity index (χ3v) is 4.54. The average Bonchev–Trinajstić information content (AvgIpc) is 3.13. The number of aliphatic imine (C=N–C) groups is 1. The molecule has 0 spiro atoms. The van der Waals surface area contributed by atoms with Crippen LogP contribution in [0.5, 0.6) is 5.75 Å². The van der Waals surface area contributed by atoms with Gasteiger partial charge in [-0.25, -0.2) is 4.39 Å². The summed E-state index contributed by atoms with van der Waals surface area (Å²) < 4.78 is 19.3. The Morgan fingerprint density at radius 1 is 1.19 bits per heavy atom. The monoisotopic (exact) mass is 425 g/mol. The maximum absolute atomic E-state index is 13.5. The van der Waals surface area contributed by atoms with Gasteiger partial charge in [-0.1, -0.05) is 6.07 Å². The second kappa shape index (κ2) is 11.0. The Morgan fingerprint density at radius 3 is 2.87 bits per heavy atom. The number of rotatable bonds is 9. The summed E-state index contributed by atoms with van der Waals surface area (Å²) in [7, 11) is 0. The van der Waals surface area contributed by atoms with Crippen LogP contribution >= 0.6 is 0 Å². The van der Waals surface area contributed by atoms with E-state index in [-0.39, 0.29) is 11.7 Å². The number of hydrogen-bond donors (Lipinski definition) is 4. The molecule has 2 aromatic carbocycles. The molecular formula is C23H28FN5O2. The molecule has 3 rings (SSSR count). The fraction of sp³-hybridized carbons (Fsp3) is 0.304. The van der Waals surface area contributed by atoms with Gasteiger partial charge in [0, 0.05) is 48.9 Å². The highest BCUT2D eigenvalue weighted by Crippen LogP contribution is 2.20. The van der Waals surface area contributed by atoms with Crippen molar-refractivity contribution in [2.75, 3.05) is 31.6 Å². The Morgan fingerprint density at radius 2 is 2.06 bits per heavy atom. The van der Waals surface area contributed by atoms with E-state index < -0.39 is 0 Å². The molecule has 0 radical (unpaired) electrons. The summed E-state index contributed by atoms with van der Waals surface area (Å²) in [5, 5.41) is 10.1. The summed E-state index contributed by atoms with van der Waals surface area (Å²) in [4.78, 5) is 18.9. The van der Waals surface area contributed by atoms with Gasteiger partial charge in [0.2, 0.25) is 5.91 Å². The molecule has 0 aliphatic rings. The molecule has 8 heteroatoms. The van der Waals surface area contributed by atoms with Crippen LogP contribution in [0.4, 0.5) is 10.1 Å². The topological polar surface area (TPSA) is 90.5 Å². The van der Waals surface area contributed by atoms with Crippen molar-refractivity contribution in [3.05, 3.63) is 60.0 Å². The SMILES string of the molecule is CCNC(=NCCc1c[nH]c2ccc(F)cc12)NCCOc1cccc(NC(C)=O)c1. The van der Waals surface area contributed by atoms with Gasteiger partial charge in [-0.3, -0.25) is 9.79 Å². The highest BCUT2D eigenvalue weighted by molar-refractivity contribution is 5.88. The normalized spacial score (nSPS) is 11.4. The summed E-state index contributed by atoms with van der Waals surface area (Å²) in [6.45, 7) is 5.78. The largest absolute Gasteiger partial charge is 0.492 e. The van der Waals surface area contributed by atoms with Crippen LogP contribution in [-0.2, 0) is 11.2 Å². The maximum atomic E-state index is 13.5. The zero-order chi connectivity index (χ0) is 22.1. The smallest absolute Gasteiger partial charge is 0.221 e. The molecule has 1 aromatic heterocycles. The Hall–Kier alpha value is -3.55. The lowest BCUT2D eigenvalue weighted by Gasteiger charge is -2.12. The Kier molecular flexibility index (Phi) is 7.86. The minimum absolute atomic E-state index is 0.122. The molecule has 0 aliphatic carbocycles. The molecule has 0 fully saturated rings. The Bertz CT molecular complexity index is 1050. The number of benzene rings is 2. The molecule has 4 N–H and O–H groups in total. The van der Waals surface area contributed by atoms with Crippen molar-refractivity contribution in [3.63, 3.8) is 0 Å². The Labute approximate surface area is 181 Å². The molecule has 164 valence electrons. The summed E-state index contributed by atoms with van der Waals surface area (Å²) in [5.41, 5.74) is 2.66. The second-order valence-corrected chi connectivity index (χ2v) is 7.00. The number of nitrogens with one attached hydrogen (secondary N) is 4. The third-order valence-electron chi connectivity index (χ3n) is 4.54. The van der Waals surface area contributed by atoms with Crippen LogP contribution in [0.3, 0.4) is 0 Å². The molecule has 1 amide bonds. The van der Waals surface area contributed by atoms with E-state index in [0.29, 0.717) is 43.5 Å². The first-order chi connectivity index (χ1) is 15.0. The number of H-pyrrole nitrogens is 1. The second-order valence-electron chi connectivity index (χ2n) is 7.00. The molecule has 7 nitrogen and oxygen atoms in total. The van der Waals surface area contributed by atoms with Crippen molar-refractivity contribution >= 4 is 28.5 Å². The standard InChI is InChI=1S/C23H28FN5O2/c1-3-25-23(26-10-9-17-15-28-22-8-7-18(24)13-21(17)22)27-11-12-31-20-6-4-5-19(14-20)29-16(2)30/h4-8,13-15,28H,3,9-12H2,1-2H3,(H,29,30)(H2,25,26,27). The van der Waals surface area contributed by atoms with Gasteiger partial charge in [-0.05, 0) is 49.2 Å². The van der Waals surface area contributed by atoms with Crippen LogP contribution in [0.2, 0.25) is 0 Å². The molecule has 0 saturated heterocycles. The fourth-order valence-corrected chi connectivity index (χ4v) is 3.19. The van der Waals surface area contributed by atoms with Crippen LogP contribution in [0, 0.1) is 5.82 Å². The number of aromatic amines is 1. The van der Waals surface area contributed by atoms with Crippen LogP contribution in [0.15, 0.2) is 53.7 Å². The minimum Gasteiger partial charge on any atom is -0.492 e. The number of nitrogens with zero attached hydrogens (tertiary/aromatic N) is 1. The van der Waals surface area contributed by atoms with Gasteiger partial charge >= 0.3 is 0 Å². The van der Waals surface area contributed by atoms with Crippen molar-refractivity contribution in [2.24, 2.45) is 4.99 Å². The van der Waals surface area contributed by atoms with Crippen molar-refractivity contribution in [3.8, 4) is 5.75 Å². The number of carbonyl (C=O) groups is 1. The quantitative estimate of drug-likeness (QED) is 0.240. The van der Waals surface area contributed by atoms with Crippen LogP contribution < -0.4 is 20.7 Å². The molecular weight excluding hydrogens is 397 g/mol. The third kappa shape index (κ3) is 6.74. The first-order valence-electron chi connectivity index (χ1n) is 10.3. The van der Waals surface area contributed by atoms with E-state index >= 15 is 0 Å². The number of carbonyl (C=O) groups excluding carboxylic acids is 1. The summed E-state index contributed by atoms with van der Waals surface area (Å²) in [6, 6.07) is 12.0. The maximum Gasteiger partial charge on any atom is 0.221 e. The van der Waals surface area contributed by atoms with E-state index in [1.54, 1.807) is 18.2 Å². The predicted molar refractivity (Wildman–Crippen MR) is 122 cm³/mol. The highest BCUT2D eigenvalue weighted by atomic mass is 19.1. The van der Waals surface area contributed by atoms with Gasteiger partial charge in [0.1, 0.15) is 18.2 Å². The summed E-state index contributed by atoms with van der Waals surface area (Å²) >= 11 is 0. The van der Waals surface area contributed by atoms with Crippen LogP contribution in [0.25, 0.3) is 10.9 Å². The molecule has 0 unspecified atom stereocenters. The lowest BCUT2D eigenvalue weighted by atomic mass is 10.1. The van der Waals surface area contributed by atoms with Gasteiger partial charge in [-0.15, -0.1) is 0 Å². The number of halogens is 1. The van der Waals surface area contributed by atoms with Gasteiger partial charge in [0.25, 0.3) is 0 Å². The first-order valence-corrected chi connectivity index (χ1v) is 10.3. The van der Waals surface area contributed by atoms with Crippen LogP contribution in [0.1, 0.15) is 19.4 Å².